The summed E-state index contributed by atoms with van der Waals surface area (Å²) in [5.74, 6) is 1.15. The number of carbonyl (C=O) groups excluding carboxylic acids is 1. The molecule has 1 aliphatic rings. The van der Waals surface area contributed by atoms with E-state index in [2.05, 4.69) is 17.1 Å². The summed E-state index contributed by atoms with van der Waals surface area (Å²) in [6.45, 7) is 6.29. The smallest absolute Gasteiger partial charge is 0.257 e. The van der Waals surface area contributed by atoms with E-state index in [9.17, 15) is 4.79 Å². The summed E-state index contributed by atoms with van der Waals surface area (Å²) >= 11 is 0. The largest absolute Gasteiger partial charge is 0.482 e. The molecular weight excluding hydrogens is 290 g/mol. The van der Waals surface area contributed by atoms with Crippen molar-refractivity contribution in [3.05, 3.63) is 29.8 Å². The van der Waals surface area contributed by atoms with Crippen LogP contribution in [-0.4, -0.2) is 43.6 Å². The predicted octanol–water partition coefficient (Wildman–Crippen LogP) is 2.18. The molecule has 0 aromatic heterocycles. The molecule has 124 valence electrons. The summed E-state index contributed by atoms with van der Waals surface area (Å²) in [6.07, 6.45) is 3.51. The van der Waals surface area contributed by atoms with Gasteiger partial charge in [0.1, 0.15) is 11.8 Å². The minimum atomic E-state index is -0.148. The number of benzene rings is 1. The number of nitrogens with one attached hydrogen (secondary N) is 1. The third-order valence-corrected chi connectivity index (χ3v) is 4.22. The molecule has 0 saturated carbocycles. The van der Waals surface area contributed by atoms with Crippen molar-refractivity contribution in [2.75, 3.05) is 32.8 Å². The van der Waals surface area contributed by atoms with E-state index in [1.807, 2.05) is 6.07 Å². The fraction of sp³-hybridized carbons (Fsp3) is 0.556. The first kappa shape index (κ1) is 17.3. The Bertz CT molecular complexity index is 545. The van der Waals surface area contributed by atoms with Crippen molar-refractivity contribution in [1.82, 2.24) is 10.2 Å². The first-order valence-electron chi connectivity index (χ1n) is 8.30. The fourth-order valence-corrected chi connectivity index (χ4v) is 2.70. The van der Waals surface area contributed by atoms with Crippen molar-refractivity contribution in [3.8, 4) is 11.8 Å². The molecule has 0 bridgehead atoms. The van der Waals surface area contributed by atoms with E-state index in [1.54, 1.807) is 24.3 Å². The summed E-state index contributed by atoms with van der Waals surface area (Å²) in [7, 11) is 0. The number of ether oxygens (including phenoxy) is 1. The van der Waals surface area contributed by atoms with Crippen molar-refractivity contribution in [1.29, 1.82) is 5.26 Å². The Balaban J connectivity index is 1.59. The average molecular weight is 315 g/mol. The number of nitriles is 1. The highest BCUT2D eigenvalue weighted by Crippen LogP contribution is 2.16. The molecule has 5 heteroatoms. The Kier molecular flexibility index (Phi) is 6.89. The van der Waals surface area contributed by atoms with Gasteiger partial charge in [0.2, 0.25) is 0 Å². The van der Waals surface area contributed by atoms with Crippen molar-refractivity contribution >= 4 is 5.91 Å². The number of amides is 1. The van der Waals surface area contributed by atoms with E-state index in [0.717, 1.165) is 18.9 Å². The quantitative estimate of drug-likeness (QED) is 0.783. The van der Waals surface area contributed by atoms with Gasteiger partial charge in [-0.25, -0.2) is 0 Å². The highest BCUT2D eigenvalue weighted by Gasteiger charge is 2.14. The fourth-order valence-electron chi connectivity index (χ4n) is 2.70. The molecule has 1 N–H and O–H groups in total. The topological polar surface area (TPSA) is 65.4 Å². The number of nitrogens with zero attached hydrogens (tertiary/aromatic N) is 2. The third-order valence-electron chi connectivity index (χ3n) is 4.22. The summed E-state index contributed by atoms with van der Waals surface area (Å²) in [5.41, 5.74) is 0.444. The van der Waals surface area contributed by atoms with Crippen molar-refractivity contribution in [2.45, 2.75) is 26.2 Å². The van der Waals surface area contributed by atoms with Crippen LogP contribution < -0.4 is 10.1 Å². The zero-order chi connectivity index (χ0) is 16.5. The van der Waals surface area contributed by atoms with E-state index in [1.165, 1.54) is 25.9 Å². The second-order valence-corrected chi connectivity index (χ2v) is 6.12. The van der Waals surface area contributed by atoms with Crippen LogP contribution in [0.25, 0.3) is 0 Å². The van der Waals surface area contributed by atoms with Crippen molar-refractivity contribution in [2.24, 2.45) is 5.92 Å². The zero-order valence-electron chi connectivity index (χ0n) is 13.8. The van der Waals surface area contributed by atoms with Gasteiger partial charge in [0.25, 0.3) is 5.91 Å². The number of hydrogen-bond donors (Lipinski definition) is 1. The highest BCUT2D eigenvalue weighted by atomic mass is 16.5. The summed E-state index contributed by atoms with van der Waals surface area (Å²) in [4.78, 5) is 14.2. The number of carbonyl (C=O) groups is 1. The Morgan fingerprint density at radius 2 is 2.13 bits per heavy atom. The highest BCUT2D eigenvalue weighted by molar-refractivity contribution is 5.77. The number of hydrogen-bond acceptors (Lipinski definition) is 4. The minimum absolute atomic E-state index is 0.0556. The van der Waals surface area contributed by atoms with Crippen LogP contribution in [0.3, 0.4) is 0 Å². The lowest BCUT2D eigenvalue weighted by Crippen LogP contribution is -2.36. The summed E-state index contributed by atoms with van der Waals surface area (Å²) in [6, 6.07) is 8.98. The molecule has 0 radical (unpaired) electrons. The molecular formula is C18H25N3O2. The average Bonchev–Trinajstić information content (AvgIpc) is 2.58. The first-order valence-corrected chi connectivity index (χ1v) is 8.30. The van der Waals surface area contributed by atoms with Crippen LogP contribution in [0, 0.1) is 17.2 Å². The maximum atomic E-state index is 11.8. The lowest BCUT2D eigenvalue weighted by molar-refractivity contribution is -0.123. The van der Waals surface area contributed by atoms with E-state index in [0.29, 0.717) is 17.9 Å². The molecule has 1 aromatic carbocycles. The Morgan fingerprint density at radius 3 is 2.87 bits per heavy atom. The third kappa shape index (κ3) is 5.91. The Morgan fingerprint density at radius 1 is 1.39 bits per heavy atom. The SMILES string of the molecule is CC1CCN(CCCNC(=O)COc2ccccc2C#N)CC1. The number of likely N-dealkylation sites (tertiary alicyclic amines) is 1. The number of para-hydroxylation sites is 1. The van der Waals surface area contributed by atoms with Crippen LogP contribution in [0.5, 0.6) is 5.75 Å². The van der Waals surface area contributed by atoms with Gasteiger partial charge in [-0.2, -0.15) is 5.26 Å². The van der Waals surface area contributed by atoms with Gasteiger partial charge in [-0.1, -0.05) is 19.1 Å². The van der Waals surface area contributed by atoms with E-state index in [-0.39, 0.29) is 12.5 Å². The van der Waals surface area contributed by atoms with Gasteiger partial charge < -0.3 is 15.0 Å². The van der Waals surface area contributed by atoms with Gasteiger partial charge in [0.05, 0.1) is 5.56 Å². The van der Waals surface area contributed by atoms with Gasteiger partial charge in [0.15, 0.2) is 6.61 Å². The molecule has 23 heavy (non-hydrogen) atoms. The maximum absolute atomic E-state index is 11.8. The van der Waals surface area contributed by atoms with E-state index >= 15 is 0 Å². The Hall–Kier alpha value is -2.06. The standard InChI is InChI=1S/C18H25N3O2/c1-15-7-11-21(12-8-15)10-4-9-20-18(22)14-23-17-6-3-2-5-16(17)13-19/h2-3,5-6,15H,4,7-12,14H2,1H3,(H,20,22). The summed E-state index contributed by atoms with van der Waals surface area (Å²) in [5, 5.41) is 11.8. The molecule has 1 saturated heterocycles. The molecule has 1 fully saturated rings. The van der Waals surface area contributed by atoms with Crippen LogP contribution in [-0.2, 0) is 4.79 Å². The lowest BCUT2D eigenvalue weighted by Gasteiger charge is -2.30. The van der Waals surface area contributed by atoms with Gasteiger partial charge in [-0.05, 0) is 56.9 Å². The molecule has 0 aliphatic carbocycles. The van der Waals surface area contributed by atoms with Gasteiger partial charge in [-0.3, -0.25) is 4.79 Å². The van der Waals surface area contributed by atoms with Gasteiger partial charge in [0, 0.05) is 6.54 Å². The minimum Gasteiger partial charge on any atom is -0.482 e. The van der Waals surface area contributed by atoms with Crippen LogP contribution in [0.15, 0.2) is 24.3 Å². The van der Waals surface area contributed by atoms with Gasteiger partial charge in [-0.15, -0.1) is 0 Å². The number of rotatable bonds is 7. The maximum Gasteiger partial charge on any atom is 0.257 e. The van der Waals surface area contributed by atoms with Crippen LogP contribution in [0.4, 0.5) is 0 Å². The first-order chi connectivity index (χ1) is 11.2. The van der Waals surface area contributed by atoms with Crippen LogP contribution in [0.2, 0.25) is 0 Å². The van der Waals surface area contributed by atoms with E-state index < -0.39 is 0 Å². The molecule has 1 amide bonds. The van der Waals surface area contributed by atoms with Gasteiger partial charge >= 0.3 is 0 Å². The lowest BCUT2D eigenvalue weighted by atomic mass is 9.99. The second-order valence-electron chi connectivity index (χ2n) is 6.12. The van der Waals surface area contributed by atoms with Crippen LogP contribution in [0.1, 0.15) is 31.7 Å². The monoisotopic (exact) mass is 315 g/mol. The summed E-state index contributed by atoms with van der Waals surface area (Å²) < 4.78 is 5.40. The van der Waals surface area contributed by atoms with E-state index in [4.69, 9.17) is 10.00 Å². The normalized spacial score (nSPS) is 15.8. The molecule has 1 aromatic rings. The molecule has 2 rings (SSSR count). The second kappa shape index (κ2) is 9.16. The molecule has 0 unspecified atom stereocenters. The van der Waals surface area contributed by atoms with Crippen LogP contribution >= 0.6 is 0 Å². The molecule has 1 aliphatic heterocycles. The Labute approximate surface area is 138 Å². The van der Waals surface area contributed by atoms with Crippen molar-refractivity contribution in [3.63, 3.8) is 0 Å². The molecule has 0 atom stereocenters. The predicted molar refractivity (Wildman–Crippen MR) is 89.1 cm³/mol. The number of piperidine rings is 1. The molecule has 1 heterocycles. The molecule has 5 nitrogen and oxygen atoms in total. The molecule has 0 spiro atoms. The zero-order valence-corrected chi connectivity index (χ0v) is 13.8. The van der Waals surface area contributed by atoms with Crippen molar-refractivity contribution < 1.29 is 9.53 Å².